The fourth-order valence-electron chi connectivity index (χ4n) is 8.57. The van der Waals surface area contributed by atoms with Crippen molar-refractivity contribution < 1.29 is 0 Å². The maximum absolute atomic E-state index is 2.56. The monoisotopic (exact) mass is 600 g/mol. The standard InChI is InChI=1S/C45H32N2/c1-45-39-17-9-6-12-32(39)23-28-43(45)47(42-27-21-31-11-5-7-15-36(31)44(42)45)35-24-19-30(20-25-35)33-22-26-41-38(29-33)37-16-8-10-18-40(37)46(41)34-13-3-2-4-14-34/h2-29,43H,1H3. The van der Waals surface area contributed by atoms with Gasteiger partial charge in [0.1, 0.15) is 0 Å². The van der Waals surface area contributed by atoms with E-state index in [2.05, 4.69) is 186 Å². The number of fused-ring (bicyclic) bond motifs is 10. The summed E-state index contributed by atoms with van der Waals surface area (Å²) in [5, 5.41) is 5.17. The van der Waals surface area contributed by atoms with Crippen LogP contribution in [0.4, 0.5) is 11.4 Å². The Bertz CT molecular complexity index is 2540. The lowest BCUT2D eigenvalue weighted by molar-refractivity contribution is 0.533. The van der Waals surface area contributed by atoms with Crippen molar-refractivity contribution >= 4 is 50.0 Å². The molecule has 2 heterocycles. The van der Waals surface area contributed by atoms with Gasteiger partial charge in [-0.1, -0.05) is 121 Å². The van der Waals surface area contributed by atoms with E-state index < -0.39 is 0 Å². The number of nitrogens with zero attached hydrogens (tertiary/aromatic N) is 2. The van der Waals surface area contributed by atoms with Crippen LogP contribution >= 0.6 is 0 Å². The molecule has 47 heavy (non-hydrogen) atoms. The van der Waals surface area contributed by atoms with Crippen LogP contribution in [0.3, 0.4) is 0 Å². The Morgan fingerprint density at radius 1 is 0.532 bits per heavy atom. The zero-order chi connectivity index (χ0) is 31.1. The largest absolute Gasteiger partial charge is 0.333 e. The van der Waals surface area contributed by atoms with Crippen LogP contribution in [-0.4, -0.2) is 10.6 Å². The van der Waals surface area contributed by atoms with Crippen LogP contribution in [0, 0.1) is 0 Å². The molecule has 0 amide bonds. The van der Waals surface area contributed by atoms with Gasteiger partial charge in [0.25, 0.3) is 0 Å². The Hall–Kier alpha value is -5.86. The van der Waals surface area contributed by atoms with E-state index in [-0.39, 0.29) is 11.5 Å². The summed E-state index contributed by atoms with van der Waals surface area (Å²) in [4.78, 5) is 2.56. The zero-order valence-electron chi connectivity index (χ0n) is 26.1. The predicted molar refractivity (Wildman–Crippen MR) is 198 cm³/mol. The van der Waals surface area contributed by atoms with Crippen LogP contribution in [0.15, 0.2) is 164 Å². The van der Waals surface area contributed by atoms with E-state index in [1.165, 1.54) is 77.5 Å². The summed E-state index contributed by atoms with van der Waals surface area (Å²) in [6, 6.07) is 58.1. The van der Waals surface area contributed by atoms with Crippen molar-refractivity contribution in [2.45, 2.75) is 18.4 Å². The summed E-state index contributed by atoms with van der Waals surface area (Å²) in [6.45, 7) is 2.45. The summed E-state index contributed by atoms with van der Waals surface area (Å²) in [5.41, 5.74) is 12.5. The zero-order valence-corrected chi connectivity index (χ0v) is 26.1. The van der Waals surface area contributed by atoms with Gasteiger partial charge in [-0.2, -0.15) is 0 Å². The Morgan fingerprint density at radius 2 is 1.23 bits per heavy atom. The Morgan fingerprint density at radius 3 is 2.11 bits per heavy atom. The SMILES string of the molecule is CC12c3ccccc3C=CC1N(c1ccc(-c3ccc4c(c3)c3ccccc3n4-c3ccccc3)cc1)c1ccc3ccccc3c12. The molecule has 222 valence electrons. The molecule has 2 unspecified atom stereocenters. The minimum absolute atomic E-state index is 0.171. The van der Waals surface area contributed by atoms with E-state index in [0.717, 1.165) is 0 Å². The van der Waals surface area contributed by atoms with Gasteiger partial charge < -0.3 is 9.47 Å². The number of para-hydroxylation sites is 2. The highest BCUT2D eigenvalue weighted by Gasteiger charge is 2.51. The average Bonchev–Trinajstić information content (AvgIpc) is 3.61. The quantitative estimate of drug-likeness (QED) is 0.196. The molecule has 0 bridgehead atoms. The summed E-state index contributed by atoms with van der Waals surface area (Å²) in [5.74, 6) is 0. The molecule has 2 aliphatic rings. The first-order valence-corrected chi connectivity index (χ1v) is 16.5. The van der Waals surface area contributed by atoms with Gasteiger partial charge in [-0.15, -0.1) is 0 Å². The van der Waals surface area contributed by atoms with Crippen molar-refractivity contribution in [3.63, 3.8) is 0 Å². The van der Waals surface area contributed by atoms with Gasteiger partial charge in [-0.25, -0.2) is 0 Å². The Labute approximate surface area is 274 Å². The van der Waals surface area contributed by atoms with Crippen LogP contribution < -0.4 is 4.90 Å². The first kappa shape index (κ1) is 26.4. The molecule has 1 aliphatic heterocycles. The lowest BCUT2D eigenvalue weighted by atomic mass is 9.67. The molecule has 1 aliphatic carbocycles. The lowest BCUT2D eigenvalue weighted by Gasteiger charge is -2.39. The molecular weight excluding hydrogens is 569 g/mol. The van der Waals surface area contributed by atoms with Crippen LogP contribution in [0.25, 0.3) is 55.5 Å². The molecule has 0 N–H and O–H groups in total. The first-order chi connectivity index (χ1) is 23.2. The fourth-order valence-corrected chi connectivity index (χ4v) is 8.57. The Kier molecular flexibility index (Phi) is 5.51. The number of aromatic nitrogens is 1. The maximum Gasteiger partial charge on any atom is 0.0661 e. The molecule has 2 heteroatoms. The molecule has 0 fully saturated rings. The third-order valence-corrected chi connectivity index (χ3v) is 10.7. The van der Waals surface area contributed by atoms with Gasteiger partial charge in [0, 0.05) is 33.2 Å². The van der Waals surface area contributed by atoms with E-state index >= 15 is 0 Å². The van der Waals surface area contributed by atoms with Gasteiger partial charge in [0.2, 0.25) is 0 Å². The second-order valence-electron chi connectivity index (χ2n) is 13.1. The van der Waals surface area contributed by atoms with Crippen LogP contribution in [-0.2, 0) is 5.41 Å². The number of hydrogen-bond donors (Lipinski definition) is 0. The molecule has 0 radical (unpaired) electrons. The average molecular weight is 601 g/mol. The van der Waals surface area contributed by atoms with Crippen molar-refractivity contribution in [2.24, 2.45) is 0 Å². The first-order valence-electron chi connectivity index (χ1n) is 16.5. The van der Waals surface area contributed by atoms with Gasteiger partial charge in [0.15, 0.2) is 0 Å². The molecule has 0 saturated carbocycles. The van der Waals surface area contributed by atoms with Crippen molar-refractivity contribution in [1.29, 1.82) is 0 Å². The van der Waals surface area contributed by atoms with Crippen molar-refractivity contribution in [3.8, 4) is 16.8 Å². The molecule has 7 aromatic carbocycles. The third-order valence-electron chi connectivity index (χ3n) is 10.7. The molecule has 2 atom stereocenters. The van der Waals surface area contributed by atoms with E-state index in [1.807, 2.05) is 0 Å². The van der Waals surface area contributed by atoms with E-state index in [0.29, 0.717) is 0 Å². The summed E-state index contributed by atoms with van der Waals surface area (Å²) < 4.78 is 2.37. The maximum atomic E-state index is 2.56. The second-order valence-corrected chi connectivity index (χ2v) is 13.1. The summed E-state index contributed by atoms with van der Waals surface area (Å²) in [6.07, 6.45) is 4.74. The molecule has 0 saturated heterocycles. The number of benzene rings is 7. The molecule has 2 nitrogen and oxygen atoms in total. The summed E-state index contributed by atoms with van der Waals surface area (Å²) >= 11 is 0. The van der Waals surface area contributed by atoms with Crippen molar-refractivity contribution in [2.75, 3.05) is 4.90 Å². The van der Waals surface area contributed by atoms with Crippen LogP contribution in [0.1, 0.15) is 23.6 Å². The topological polar surface area (TPSA) is 8.17 Å². The molecule has 8 aromatic rings. The number of anilines is 2. The predicted octanol–water partition coefficient (Wildman–Crippen LogP) is 11.5. The van der Waals surface area contributed by atoms with Crippen molar-refractivity contribution in [1.82, 2.24) is 4.57 Å². The smallest absolute Gasteiger partial charge is 0.0661 e. The fraction of sp³-hybridized carbons (Fsp3) is 0.0667. The van der Waals surface area contributed by atoms with Crippen molar-refractivity contribution in [3.05, 3.63) is 180 Å². The lowest BCUT2D eigenvalue weighted by Crippen LogP contribution is -2.42. The van der Waals surface area contributed by atoms with E-state index in [1.54, 1.807) is 0 Å². The van der Waals surface area contributed by atoms with Gasteiger partial charge >= 0.3 is 0 Å². The summed E-state index contributed by atoms with van der Waals surface area (Å²) in [7, 11) is 0. The highest BCUT2D eigenvalue weighted by molar-refractivity contribution is 6.10. The van der Waals surface area contributed by atoms with E-state index in [9.17, 15) is 0 Å². The van der Waals surface area contributed by atoms with E-state index in [4.69, 9.17) is 0 Å². The normalized spacial score (nSPS) is 18.1. The molecule has 10 rings (SSSR count). The molecular formula is C45H32N2. The van der Waals surface area contributed by atoms with Crippen LogP contribution in [0.5, 0.6) is 0 Å². The molecule has 1 aromatic heterocycles. The minimum atomic E-state index is -0.182. The van der Waals surface area contributed by atoms with Crippen LogP contribution in [0.2, 0.25) is 0 Å². The highest BCUT2D eigenvalue weighted by Crippen LogP contribution is 2.57. The Balaban J connectivity index is 1.10. The second kappa shape index (κ2) is 9.82. The molecule has 0 spiro atoms. The van der Waals surface area contributed by atoms with Gasteiger partial charge in [-0.3, -0.25) is 0 Å². The number of rotatable bonds is 3. The minimum Gasteiger partial charge on any atom is -0.333 e. The highest BCUT2D eigenvalue weighted by atomic mass is 15.2. The van der Waals surface area contributed by atoms with Gasteiger partial charge in [-0.05, 0) is 94.0 Å². The third kappa shape index (κ3) is 3.67. The number of hydrogen-bond acceptors (Lipinski definition) is 1. The van der Waals surface area contributed by atoms with Gasteiger partial charge in [0.05, 0.1) is 17.1 Å².